The highest BCUT2D eigenvalue weighted by Gasteiger charge is 2.58. The maximum absolute atomic E-state index is 13.7. The number of carbonyl (C=O) groups is 1. The minimum absolute atomic E-state index is 0.00886. The molecule has 2 fully saturated rings. The molecule has 0 aromatic heterocycles. The summed E-state index contributed by atoms with van der Waals surface area (Å²) in [7, 11) is -2.90. The number of benzene rings is 1. The van der Waals surface area contributed by atoms with E-state index in [0.717, 1.165) is 4.31 Å². The summed E-state index contributed by atoms with van der Waals surface area (Å²) in [6.07, 6.45) is -2.14. The van der Waals surface area contributed by atoms with Gasteiger partial charge in [-0.3, -0.25) is 4.79 Å². The third-order valence-corrected chi connectivity index (χ3v) is 7.37. The van der Waals surface area contributed by atoms with Crippen LogP contribution in [0.25, 0.3) is 0 Å². The zero-order valence-electron chi connectivity index (χ0n) is 20.4. The average Bonchev–Trinajstić information content (AvgIpc) is 3.10. The Labute approximate surface area is 201 Å². The maximum atomic E-state index is 13.7. The second-order valence-electron chi connectivity index (χ2n) is 9.06. The lowest BCUT2D eigenvalue weighted by molar-refractivity contribution is -0.173. The van der Waals surface area contributed by atoms with Gasteiger partial charge in [-0.25, -0.2) is 8.42 Å². The average molecular weight is 496 g/mol. The summed E-state index contributed by atoms with van der Waals surface area (Å²) in [4.78, 5) is 12.9. The smallest absolute Gasteiger partial charge is 0.327 e. The third kappa shape index (κ3) is 5.73. The van der Waals surface area contributed by atoms with Gasteiger partial charge in [0.1, 0.15) is 30.7 Å². The normalized spacial score (nSPS) is 26.4. The molecule has 10 heteroatoms. The number of carbonyl (C=O) groups excluding carboxylic acids is 1. The number of methoxy groups -OCH3 is 1. The van der Waals surface area contributed by atoms with E-state index in [2.05, 4.69) is 11.8 Å². The Bertz CT molecular complexity index is 1030. The van der Waals surface area contributed by atoms with Crippen LogP contribution in [0.3, 0.4) is 0 Å². The van der Waals surface area contributed by atoms with Gasteiger partial charge < -0.3 is 23.7 Å². The van der Waals surface area contributed by atoms with Crippen LogP contribution in [0, 0.1) is 17.8 Å². The van der Waals surface area contributed by atoms with Gasteiger partial charge in [0.05, 0.1) is 12.0 Å². The van der Waals surface area contributed by atoms with E-state index in [-0.39, 0.29) is 24.0 Å². The van der Waals surface area contributed by atoms with Crippen molar-refractivity contribution in [3.8, 4) is 17.6 Å². The van der Waals surface area contributed by atoms with Crippen LogP contribution in [0.4, 0.5) is 0 Å². The largest absolute Gasteiger partial charge is 0.481 e. The number of nitrogens with zero attached hydrogens (tertiary/aromatic N) is 1. The first-order valence-electron chi connectivity index (χ1n) is 11.2. The van der Waals surface area contributed by atoms with Crippen LogP contribution in [0.15, 0.2) is 29.2 Å². The van der Waals surface area contributed by atoms with E-state index in [9.17, 15) is 13.2 Å². The summed E-state index contributed by atoms with van der Waals surface area (Å²) in [5.74, 6) is 4.48. The molecule has 2 saturated heterocycles. The molecule has 34 heavy (non-hydrogen) atoms. The van der Waals surface area contributed by atoms with Crippen molar-refractivity contribution in [3.05, 3.63) is 24.3 Å². The number of esters is 1. The van der Waals surface area contributed by atoms with E-state index in [1.54, 1.807) is 32.9 Å². The van der Waals surface area contributed by atoms with E-state index in [4.69, 9.17) is 23.7 Å². The van der Waals surface area contributed by atoms with Crippen molar-refractivity contribution >= 4 is 16.0 Å². The van der Waals surface area contributed by atoms with Gasteiger partial charge in [0.15, 0.2) is 11.8 Å². The molecule has 0 aliphatic carbocycles. The van der Waals surface area contributed by atoms with E-state index in [1.165, 1.54) is 19.2 Å². The van der Waals surface area contributed by atoms with Gasteiger partial charge >= 0.3 is 5.97 Å². The quantitative estimate of drug-likeness (QED) is 0.400. The standard InChI is InChI=1S/C24H33NO8S/c1-7-8-13-30-17-9-11-18(12-10-17)34(27,28)25-14-19-21(33-24(4,5)32-19)22(31-15-16(2)3)20(25)23(26)29-6/h9-12,16,19-22H,13-15H2,1-6H3/t19-,20+,21-,22-/m0/s1. The maximum Gasteiger partial charge on any atom is 0.327 e. The fourth-order valence-electron chi connectivity index (χ4n) is 4.06. The van der Waals surface area contributed by atoms with Crippen molar-refractivity contribution in [3.63, 3.8) is 0 Å². The van der Waals surface area contributed by atoms with E-state index >= 15 is 0 Å². The first kappa shape index (κ1) is 26.4. The van der Waals surface area contributed by atoms with Gasteiger partial charge in [0.2, 0.25) is 10.0 Å². The predicted octanol–water partition coefficient (Wildman–Crippen LogP) is 2.20. The summed E-state index contributed by atoms with van der Waals surface area (Å²) < 4.78 is 57.2. The minimum Gasteiger partial charge on any atom is -0.481 e. The number of piperidine rings is 1. The monoisotopic (exact) mass is 495 g/mol. The molecule has 0 saturated carbocycles. The Morgan fingerprint density at radius 1 is 1.24 bits per heavy atom. The Morgan fingerprint density at radius 3 is 2.50 bits per heavy atom. The number of ether oxygens (including phenoxy) is 5. The fourth-order valence-corrected chi connectivity index (χ4v) is 5.66. The van der Waals surface area contributed by atoms with E-state index in [1.807, 2.05) is 13.8 Å². The molecule has 3 rings (SSSR count). The molecule has 4 atom stereocenters. The van der Waals surface area contributed by atoms with Crippen LogP contribution in [0.1, 0.15) is 34.6 Å². The van der Waals surface area contributed by atoms with Crippen molar-refractivity contribution in [2.75, 3.05) is 26.9 Å². The minimum atomic E-state index is -4.12. The molecule has 1 aromatic rings. The van der Waals surface area contributed by atoms with Gasteiger partial charge in [-0.1, -0.05) is 19.8 Å². The molecule has 0 N–H and O–H groups in total. The summed E-state index contributed by atoms with van der Waals surface area (Å²) in [5, 5.41) is 0. The molecule has 0 radical (unpaired) electrons. The molecule has 188 valence electrons. The van der Waals surface area contributed by atoms with Gasteiger partial charge in [-0.2, -0.15) is 4.31 Å². The van der Waals surface area contributed by atoms with Gasteiger partial charge in [0, 0.05) is 13.2 Å². The molecule has 9 nitrogen and oxygen atoms in total. The molecular weight excluding hydrogens is 462 g/mol. The summed E-state index contributed by atoms with van der Waals surface area (Å²) in [6, 6.07) is 4.74. The number of rotatable bonds is 8. The number of fused-ring (bicyclic) bond motifs is 1. The zero-order valence-corrected chi connectivity index (χ0v) is 21.3. The lowest BCUT2D eigenvalue weighted by Crippen LogP contribution is -2.65. The van der Waals surface area contributed by atoms with E-state index < -0.39 is 46.1 Å². The second-order valence-corrected chi connectivity index (χ2v) is 11.0. The lowest BCUT2D eigenvalue weighted by Gasteiger charge is -2.43. The highest BCUT2D eigenvalue weighted by molar-refractivity contribution is 7.89. The number of sulfonamides is 1. The van der Waals surface area contributed by atoms with Crippen LogP contribution < -0.4 is 4.74 Å². The Hall–Kier alpha value is -2.16. The molecule has 0 bridgehead atoms. The molecule has 0 amide bonds. The highest BCUT2D eigenvalue weighted by atomic mass is 32.2. The fraction of sp³-hybridized carbons (Fsp3) is 0.625. The Balaban J connectivity index is 1.97. The Kier molecular flexibility index (Phi) is 8.26. The van der Waals surface area contributed by atoms with Gasteiger partial charge in [-0.05, 0) is 51.0 Å². The summed E-state index contributed by atoms with van der Waals surface area (Å²) in [5.41, 5.74) is 0. The van der Waals surface area contributed by atoms with Crippen LogP contribution in [-0.4, -0.2) is 75.7 Å². The molecule has 2 aliphatic rings. The Morgan fingerprint density at radius 2 is 1.91 bits per heavy atom. The molecule has 2 heterocycles. The zero-order chi connectivity index (χ0) is 25.1. The molecule has 0 unspecified atom stereocenters. The third-order valence-electron chi connectivity index (χ3n) is 5.51. The predicted molar refractivity (Wildman–Crippen MR) is 123 cm³/mol. The van der Waals surface area contributed by atoms with Crippen molar-refractivity contribution in [2.45, 2.75) is 69.7 Å². The number of hydrogen-bond donors (Lipinski definition) is 0. The van der Waals surface area contributed by atoms with Crippen molar-refractivity contribution in [1.82, 2.24) is 4.31 Å². The van der Waals surface area contributed by atoms with E-state index in [0.29, 0.717) is 12.4 Å². The van der Waals surface area contributed by atoms with Crippen molar-refractivity contribution < 1.29 is 36.9 Å². The van der Waals surface area contributed by atoms with Gasteiger partial charge in [-0.15, -0.1) is 5.92 Å². The van der Waals surface area contributed by atoms with Crippen LogP contribution in [0.5, 0.6) is 5.75 Å². The lowest BCUT2D eigenvalue weighted by atomic mass is 9.95. The topological polar surface area (TPSA) is 101 Å². The summed E-state index contributed by atoms with van der Waals surface area (Å²) in [6.45, 7) is 9.56. The highest BCUT2D eigenvalue weighted by Crippen LogP contribution is 2.39. The van der Waals surface area contributed by atoms with Crippen molar-refractivity contribution in [1.29, 1.82) is 0 Å². The molecule has 2 aliphatic heterocycles. The molecule has 0 spiro atoms. The molecular formula is C24H33NO8S. The van der Waals surface area contributed by atoms with Crippen LogP contribution >= 0.6 is 0 Å². The van der Waals surface area contributed by atoms with Crippen LogP contribution in [-0.2, 0) is 33.8 Å². The van der Waals surface area contributed by atoms with Crippen molar-refractivity contribution in [2.24, 2.45) is 5.92 Å². The SMILES string of the molecule is CC#CCOc1ccc(S(=O)(=O)N2C[C@@H]3OC(C)(C)O[C@@H]3[C@@H](OCC(C)C)[C@@H]2C(=O)OC)cc1. The van der Waals surface area contributed by atoms with Crippen LogP contribution in [0.2, 0.25) is 0 Å². The first-order valence-corrected chi connectivity index (χ1v) is 12.6. The van der Waals surface area contributed by atoms with Gasteiger partial charge in [0.25, 0.3) is 0 Å². The number of hydrogen-bond acceptors (Lipinski definition) is 8. The second kappa shape index (κ2) is 10.6. The molecule has 1 aromatic carbocycles. The summed E-state index contributed by atoms with van der Waals surface area (Å²) >= 11 is 0. The first-order chi connectivity index (χ1) is 16.0.